The minimum Gasteiger partial charge on any atom is -0.496 e. The molecule has 0 saturated carbocycles. The molecule has 0 spiro atoms. The van der Waals surface area contributed by atoms with E-state index in [1.165, 1.54) is 7.11 Å². The van der Waals surface area contributed by atoms with E-state index in [2.05, 4.69) is 53.3 Å². The van der Waals surface area contributed by atoms with Crippen LogP contribution >= 0.6 is 15.9 Å². The lowest BCUT2D eigenvalue weighted by atomic mass is 10.1. The van der Waals surface area contributed by atoms with Gasteiger partial charge in [-0.15, -0.1) is 0 Å². The highest BCUT2D eigenvalue weighted by atomic mass is 79.9. The molecule has 11 heteroatoms. The maximum atomic E-state index is 11.6. The third-order valence-electron chi connectivity index (χ3n) is 4.62. The molecule has 2 aromatic heterocycles. The van der Waals surface area contributed by atoms with Gasteiger partial charge >= 0.3 is 6.09 Å². The number of nitrogens with zero attached hydrogens (tertiary/aromatic N) is 4. The number of aromatic nitrogens is 4. The van der Waals surface area contributed by atoms with Crippen LogP contribution in [0, 0.1) is 0 Å². The zero-order chi connectivity index (χ0) is 22.4. The average molecular weight is 493 g/mol. The molecule has 0 fully saturated rings. The third-order valence-corrected chi connectivity index (χ3v) is 5.16. The molecule has 0 saturated heterocycles. The van der Waals surface area contributed by atoms with E-state index in [1.807, 2.05) is 12.1 Å². The summed E-state index contributed by atoms with van der Waals surface area (Å²) in [4.78, 5) is 20.5. The number of benzene rings is 1. The molecule has 0 aliphatic carbocycles. The van der Waals surface area contributed by atoms with Gasteiger partial charge in [-0.3, -0.25) is 10.00 Å². The zero-order valence-electron chi connectivity index (χ0n) is 17.6. The largest absolute Gasteiger partial charge is 0.496 e. The molecule has 3 N–H and O–H groups in total. The van der Waals surface area contributed by atoms with Crippen LogP contribution in [0.5, 0.6) is 5.75 Å². The number of rotatable bonds is 9. The summed E-state index contributed by atoms with van der Waals surface area (Å²) in [5.74, 6) is 1.31. The Morgan fingerprint density at radius 2 is 2.10 bits per heavy atom. The van der Waals surface area contributed by atoms with Crippen molar-refractivity contribution in [2.24, 2.45) is 0 Å². The fraction of sp³-hybridized carbons (Fsp3) is 0.400. The highest BCUT2D eigenvalue weighted by molar-refractivity contribution is 9.10. The SMILES string of the molecule is CCCCNc1nc(NC(=O)OC)nc2c(Br)nn(Cc3ccc(CO)cc3OC)c12. The van der Waals surface area contributed by atoms with Crippen LogP contribution in [0.15, 0.2) is 22.8 Å². The van der Waals surface area contributed by atoms with E-state index in [1.54, 1.807) is 17.9 Å². The Bertz CT molecular complexity index is 1070. The number of hydrogen-bond acceptors (Lipinski definition) is 8. The van der Waals surface area contributed by atoms with Crippen LogP contribution in [-0.2, 0) is 17.9 Å². The van der Waals surface area contributed by atoms with Crippen molar-refractivity contribution in [2.45, 2.75) is 32.9 Å². The first-order valence-corrected chi connectivity index (χ1v) is 10.6. The Labute approximate surface area is 188 Å². The second kappa shape index (κ2) is 10.4. The Morgan fingerprint density at radius 3 is 2.77 bits per heavy atom. The Kier molecular flexibility index (Phi) is 7.64. The summed E-state index contributed by atoms with van der Waals surface area (Å²) in [6.45, 7) is 3.14. The van der Waals surface area contributed by atoms with Gasteiger partial charge in [0.05, 0.1) is 27.4 Å². The number of ether oxygens (including phenoxy) is 2. The molecule has 166 valence electrons. The number of anilines is 2. The molecule has 3 aromatic rings. The summed E-state index contributed by atoms with van der Waals surface area (Å²) in [6, 6.07) is 5.53. The Hall–Kier alpha value is -2.92. The third kappa shape index (κ3) is 5.23. The summed E-state index contributed by atoms with van der Waals surface area (Å²) in [5, 5.41) is 19.8. The van der Waals surface area contributed by atoms with E-state index in [0.29, 0.717) is 40.3 Å². The van der Waals surface area contributed by atoms with Crippen LogP contribution in [0.1, 0.15) is 30.9 Å². The first-order chi connectivity index (χ1) is 15.0. The van der Waals surface area contributed by atoms with Crippen molar-refractivity contribution in [1.29, 1.82) is 0 Å². The molecule has 1 aromatic carbocycles. The predicted molar refractivity (Wildman–Crippen MR) is 120 cm³/mol. The minimum atomic E-state index is -0.656. The lowest BCUT2D eigenvalue weighted by Gasteiger charge is -2.13. The number of hydrogen-bond donors (Lipinski definition) is 3. The van der Waals surface area contributed by atoms with Crippen molar-refractivity contribution < 1.29 is 19.4 Å². The number of fused-ring (bicyclic) bond motifs is 1. The molecule has 0 atom stereocenters. The van der Waals surface area contributed by atoms with Gasteiger partial charge in [0.15, 0.2) is 10.4 Å². The lowest BCUT2D eigenvalue weighted by Crippen LogP contribution is -2.15. The topological polar surface area (TPSA) is 123 Å². The van der Waals surface area contributed by atoms with Gasteiger partial charge in [-0.05, 0) is 34.0 Å². The van der Waals surface area contributed by atoms with Crippen molar-refractivity contribution in [3.63, 3.8) is 0 Å². The van der Waals surface area contributed by atoms with Crippen molar-refractivity contribution in [1.82, 2.24) is 19.7 Å². The summed E-state index contributed by atoms with van der Waals surface area (Å²) >= 11 is 3.46. The van der Waals surface area contributed by atoms with Gasteiger partial charge in [0, 0.05) is 12.1 Å². The number of carbonyl (C=O) groups excluding carboxylic acids is 1. The van der Waals surface area contributed by atoms with Crippen LogP contribution in [0.3, 0.4) is 0 Å². The number of aliphatic hydroxyl groups excluding tert-OH is 1. The van der Waals surface area contributed by atoms with Crippen LogP contribution in [0.25, 0.3) is 11.0 Å². The monoisotopic (exact) mass is 492 g/mol. The Morgan fingerprint density at radius 1 is 1.29 bits per heavy atom. The predicted octanol–water partition coefficient (Wildman–Crippen LogP) is 3.53. The molecule has 3 rings (SSSR count). The number of nitrogens with one attached hydrogen (secondary N) is 2. The van der Waals surface area contributed by atoms with Gasteiger partial charge in [-0.25, -0.2) is 9.78 Å². The van der Waals surface area contributed by atoms with Crippen molar-refractivity contribution >= 4 is 44.8 Å². The zero-order valence-corrected chi connectivity index (χ0v) is 19.2. The van der Waals surface area contributed by atoms with Crippen molar-refractivity contribution in [3.05, 3.63) is 33.9 Å². The van der Waals surface area contributed by atoms with Crippen LogP contribution in [-0.4, -0.2) is 51.7 Å². The number of halogens is 1. The smallest absolute Gasteiger partial charge is 0.413 e. The van der Waals surface area contributed by atoms with E-state index in [0.717, 1.165) is 24.0 Å². The van der Waals surface area contributed by atoms with E-state index in [9.17, 15) is 9.90 Å². The minimum absolute atomic E-state index is 0.0673. The summed E-state index contributed by atoms with van der Waals surface area (Å²) in [7, 11) is 2.86. The fourth-order valence-corrected chi connectivity index (χ4v) is 3.51. The second-order valence-electron chi connectivity index (χ2n) is 6.74. The highest BCUT2D eigenvalue weighted by Crippen LogP contribution is 2.30. The number of unbranched alkanes of at least 4 members (excludes halogenated alkanes) is 1. The molecule has 10 nitrogen and oxygen atoms in total. The molecule has 0 unspecified atom stereocenters. The van der Waals surface area contributed by atoms with Gasteiger partial charge in [0.2, 0.25) is 5.95 Å². The molecule has 0 radical (unpaired) electrons. The van der Waals surface area contributed by atoms with Gasteiger partial charge in [0.1, 0.15) is 16.8 Å². The lowest BCUT2D eigenvalue weighted by molar-refractivity contribution is 0.186. The standard InChI is InChI=1S/C20H25BrN6O4/c1-4-5-8-22-18-16-15(23-19(24-18)25-20(29)31-3)17(21)26-27(16)10-13-7-6-12(11-28)9-14(13)30-2/h6-7,9,28H,4-5,8,10-11H2,1-3H3,(H2,22,23,24,25,29). The molecule has 0 bridgehead atoms. The van der Waals surface area contributed by atoms with E-state index >= 15 is 0 Å². The number of amides is 1. The fourth-order valence-electron chi connectivity index (χ4n) is 3.05. The number of methoxy groups -OCH3 is 2. The quantitative estimate of drug-likeness (QED) is 0.387. The molecule has 0 aliphatic heterocycles. The average Bonchev–Trinajstić information content (AvgIpc) is 3.09. The normalized spacial score (nSPS) is 10.9. The molecular formula is C20H25BrN6O4. The second-order valence-corrected chi connectivity index (χ2v) is 7.49. The van der Waals surface area contributed by atoms with Crippen LogP contribution in [0.2, 0.25) is 0 Å². The maximum absolute atomic E-state index is 11.6. The molecule has 2 heterocycles. The molecule has 0 aliphatic rings. The van der Waals surface area contributed by atoms with Crippen molar-refractivity contribution in [3.8, 4) is 5.75 Å². The summed E-state index contributed by atoms with van der Waals surface area (Å²) in [6.07, 6.45) is 1.32. The van der Waals surface area contributed by atoms with Crippen LogP contribution in [0.4, 0.5) is 16.6 Å². The Balaban J connectivity index is 2.06. The van der Waals surface area contributed by atoms with Gasteiger partial charge in [-0.2, -0.15) is 10.1 Å². The maximum Gasteiger partial charge on any atom is 0.413 e. The summed E-state index contributed by atoms with van der Waals surface area (Å²) < 4.78 is 12.4. The van der Waals surface area contributed by atoms with Gasteiger partial charge in [0.25, 0.3) is 0 Å². The number of aliphatic hydroxyl groups is 1. The van der Waals surface area contributed by atoms with E-state index in [4.69, 9.17) is 4.74 Å². The number of carbonyl (C=O) groups is 1. The van der Waals surface area contributed by atoms with E-state index in [-0.39, 0.29) is 12.6 Å². The molecular weight excluding hydrogens is 468 g/mol. The van der Waals surface area contributed by atoms with E-state index < -0.39 is 6.09 Å². The first-order valence-electron chi connectivity index (χ1n) is 9.80. The van der Waals surface area contributed by atoms with Gasteiger partial charge < -0.3 is 19.9 Å². The van der Waals surface area contributed by atoms with Crippen LogP contribution < -0.4 is 15.4 Å². The first kappa shape index (κ1) is 22.8. The molecule has 1 amide bonds. The summed E-state index contributed by atoms with van der Waals surface area (Å²) in [5.41, 5.74) is 2.88. The highest BCUT2D eigenvalue weighted by Gasteiger charge is 2.19. The molecule has 31 heavy (non-hydrogen) atoms. The van der Waals surface area contributed by atoms with Crippen molar-refractivity contribution in [2.75, 3.05) is 31.4 Å². The van der Waals surface area contributed by atoms with Gasteiger partial charge in [-0.1, -0.05) is 25.5 Å².